The number of hydrogen-bond donors (Lipinski definition) is 4. The SMILES string of the molecule is CC[C@H](O)C(=O)N(CCO)[C@@H]1c2ccccc2CC1NC(=O)c1cc2cc(Cl)ccc2[nH]1. The Balaban J connectivity index is 1.65. The van der Waals surface area contributed by atoms with Gasteiger partial charge in [0.25, 0.3) is 11.8 Å². The van der Waals surface area contributed by atoms with E-state index in [1.807, 2.05) is 30.3 Å². The predicted molar refractivity (Wildman–Crippen MR) is 123 cm³/mol. The third-order valence-electron chi connectivity index (χ3n) is 5.97. The minimum absolute atomic E-state index is 0.0617. The number of aromatic nitrogens is 1. The number of hydrogen-bond acceptors (Lipinski definition) is 4. The molecule has 0 spiro atoms. The van der Waals surface area contributed by atoms with Gasteiger partial charge in [0.15, 0.2) is 0 Å². The lowest BCUT2D eigenvalue weighted by molar-refractivity contribution is -0.144. The Hall–Kier alpha value is -2.87. The van der Waals surface area contributed by atoms with Crippen LogP contribution in [0, 0.1) is 0 Å². The Bertz CT molecular complexity index is 1150. The molecule has 1 aliphatic rings. The number of benzene rings is 2. The molecule has 168 valence electrons. The minimum atomic E-state index is -1.16. The third-order valence-corrected chi connectivity index (χ3v) is 6.21. The summed E-state index contributed by atoms with van der Waals surface area (Å²) in [7, 11) is 0. The number of aliphatic hydroxyl groups is 2. The van der Waals surface area contributed by atoms with Crippen molar-refractivity contribution >= 4 is 34.3 Å². The van der Waals surface area contributed by atoms with Crippen molar-refractivity contribution in [2.24, 2.45) is 0 Å². The molecule has 0 saturated carbocycles. The van der Waals surface area contributed by atoms with Crippen molar-refractivity contribution in [1.82, 2.24) is 15.2 Å². The summed E-state index contributed by atoms with van der Waals surface area (Å²) in [6.45, 7) is 1.54. The van der Waals surface area contributed by atoms with Gasteiger partial charge in [-0.2, -0.15) is 0 Å². The van der Waals surface area contributed by atoms with Gasteiger partial charge >= 0.3 is 0 Å². The summed E-state index contributed by atoms with van der Waals surface area (Å²) in [6.07, 6.45) is -0.357. The fraction of sp³-hybridized carbons (Fsp3) is 0.333. The van der Waals surface area contributed by atoms with Crippen LogP contribution < -0.4 is 5.32 Å². The van der Waals surface area contributed by atoms with Crippen molar-refractivity contribution in [3.63, 3.8) is 0 Å². The lowest BCUT2D eigenvalue weighted by Gasteiger charge is -2.35. The van der Waals surface area contributed by atoms with Gasteiger partial charge in [0.1, 0.15) is 11.8 Å². The number of rotatable bonds is 7. The van der Waals surface area contributed by atoms with Gasteiger partial charge in [-0.25, -0.2) is 0 Å². The summed E-state index contributed by atoms with van der Waals surface area (Å²) in [5.41, 5.74) is 3.12. The fourth-order valence-electron chi connectivity index (χ4n) is 4.42. The molecule has 4 rings (SSSR count). The molecule has 7 nitrogen and oxygen atoms in total. The van der Waals surface area contributed by atoms with Gasteiger partial charge < -0.3 is 25.4 Å². The lowest BCUT2D eigenvalue weighted by Crippen LogP contribution is -2.50. The maximum atomic E-state index is 13.1. The Kier molecular flexibility index (Phi) is 6.50. The van der Waals surface area contributed by atoms with Gasteiger partial charge in [0.05, 0.1) is 18.7 Å². The number of nitrogens with one attached hydrogen (secondary N) is 2. The molecule has 1 heterocycles. The largest absolute Gasteiger partial charge is 0.395 e. The zero-order valence-electron chi connectivity index (χ0n) is 17.7. The van der Waals surface area contributed by atoms with E-state index in [0.29, 0.717) is 17.1 Å². The summed E-state index contributed by atoms with van der Waals surface area (Å²) in [6, 6.07) is 13.9. The molecule has 1 aromatic heterocycles. The zero-order chi connectivity index (χ0) is 22.8. The van der Waals surface area contributed by atoms with E-state index in [1.54, 1.807) is 25.1 Å². The van der Waals surface area contributed by atoms with Gasteiger partial charge in [-0.15, -0.1) is 0 Å². The lowest BCUT2D eigenvalue weighted by atomic mass is 10.0. The van der Waals surface area contributed by atoms with Crippen LogP contribution in [0.3, 0.4) is 0 Å². The fourth-order valence-corrected chi connectivity index (χ4v) is 4.60. The Morgan fingerprint density at radius 1 is 1.25 bits per heavy atom. The molecule has 2 amide bonds. The Labute approximate surface area is 191 Å². The van der Waals surface area contributed by atoms with Crippen molar-refractivity contribution in [3.05, 3.63) is 70.4 Å². The average Bonchev–Trinajstić information content (AvgIpc) is 3.37. The number of fused-ring (bicyclic) bond motifs is 2. The summed E-state index contributed by atoms with van der Waals surface area (Å²) >= 11 is 6.05. The molecule has 0 fully saturated rings. The Morgan fingerprint density at radius 3 is 2.78 bits per heavy atom. The molecule has 0 radical (unpaired) electrons. The van der Waals surface area contributed by atoms with Gasteiger partial charge in [0, 0.05) is 22.5 Å². The summed E-state index contributed by atoms with van der Waals surface area (Å²) < 4.78 is 0. The van der Waals surface area contributed by atoms with Crippen LogP contribution in [0.4, 0.5) is 0 Å². The van der Waals surface area contributed by atoms with Crippen LogP contribution in [0.15, 0.2) is 48.5 Å². The first-order valence-corrected chi connectivity index (χ1v) is 11.1. The summed E-state index contributed by atoms with van der Waals surface area (Å²) in [4.78, 5) is 30.6. The summed E-state index contributed by atoms with van der Waals surface area (Å²) in [5.74, 6) is -0.754. The standard InChI is InChI=1S/C24H26ClN3O4/c1-2-21(30)24(32)28(9-10-29)22-17-6-4-3-5-14(17)12-19(22)27-23(31)20-13-15-11-16(25)7-8-18(15)26-20/h3-8,11,13,19,21-22,26,29-30H,2,9-10,12H2,1H3,(H,27,31)/t19?,21-,22+/m0/s1. The number of halogens is 1. The van der Waals surface area contributed by atoms with E-state index in [-0.39, 0.29) is 25.5 Å². The zero-order valence-corrected chi connectivity index (χ0v) is 18.5. The number of nitrogens with zero attached hydrogens (tertiary/aromatic N) is 1. The number of carbonyl (C=O) groups excluding carboxylic acids is 2. The van der Waals surface area contributed by atoms with E-state index in [4.69, 9.17) is 11.6 Å². The molecule has 3 aromatic rings. The highest BCUT2D eigenvalue weighted by Crippen LogP contribution is 2.36. The molecule has 3 atom stereocenters. The van der Waals surface area contributed by atoms with Crippen LogP contribution in [0.25, 0.3) is 10.9 Å². The number of aromatic amines is 1. The highest BCUT2D eigenvalue weighted by Gasteiger charge is 2.40. The van der Waals surface area contributed by atoms with E-state index in [9.17, 15) is 19.8 Å². The third kappa shape index (κ3) is 4.24. The number of carbonyl (C=O) groups is 2. The van der Waals surface area contributed by atoms with Gasteiger partial charge in [-0.1, -0.05) is 42.8 Å². The van der Waals surface area contributed by atoms with Crippen LogP contribution in [0.5, 0.6) is 0 Å². The molecule has 2 aromatic carbocycles. The molecule has 1 unspecified atom stereocenters. The monoisotopic (exact) mass is 455 g/mol. The summed E-state index contributed by atoms with van der Waals surface area (Å²) in [5, 5.41) is 24.3. The Morgan fingerprint density at radius 2 is 2.03 bits per heavy atom. The van der Waals surface area contributed by atoms with E-state index >= 15 is 0 Å². The second-order valence-corrected chi connectivity index (χ2v) is 8.46. The second-order valence-electron chi connectivity index (χ2n) is 8.02. The van der Waals surface area contributed by atoms with Gasteiger partial charge in [-0.3, -0.25) is 9.59 Å². The number of amides is 2. The van der Waals surface area contributed by atoms with Crippen LogP contribution in [-0.4, -0.2) is 57.2 Å². The number of H-pyrrole nitrogens is 1. The van der Waals surface area contributed by atoms with Crippen molar-refractivity contribution in [2.75, 3.05) is 13.2 Å². The van der Waals surface area contributed by atoms with Crippen molar-refractivity contribution in [1.29, 1.82) is 0 Å². The molecule has 32 heavy (non-hydrogen) atoms. The molecule has 0 saturated heterocycles. The van der Waals surface area contributed by atoms with E-state index in [0.717, 1.165) is 22.0 Å². The maximum absolute atomic E-state index is 13.1. The van der Waals surface area contributed by atoms with Crippen LogP contribution >= 0.6 is 11.6 Å². The quantitative estimate of drug-likeness (QED) is 0.439. The van der Waals surface area contributed by atoms with Crippen LogP contribution in [-0.2, 0) is 11.2 Å². The van der Waals surface area contributed by atoms with Crippen molar-refractivity contribution in [3.8, 4) is 0 Å². The highest BCUT2D eigenvalue weighted by atomic mass is 35.5. The van der Waals surface area contributed by atoms with E-state index < -0.39 is 24.1 Å². The molecule has 1 aliphatic carbocycles. The van der Waals surface area contributed by atoms with Crippen LogP contribution in [0.2, 0.25) is 5.02 Å². The van der Waals surface area contributed by atoms with Crippen molar-refractivity contribution < 1.29 is 19.8 Å². The first-order valence-electron chi connectivity index (χ1n) is 10.7. The van der Waals surface area contributed by atoms with E-state index in [2.05, 4.69) is 10.3 Å². The number of aliphatic hydroxyl groups excluding tert-OH is 2. The minimum Gasteiger partial charge on any atom is -0.395 e. The molecular formula is C24H26ClN3O4. The first kappa shape index (κ1) is 22.3. The van der Waals surface area contributed by atoms with Crippen LogP contribution in [0.1, 0.15) is 41.0 Å². The molecule has 8 heteroatoms. The first-order chi connectivity index (χ1) is 15.4. The molecule has 0 bridgehead atoms. The van der Waals surface area contributed by atoms with Gasteiger partial charge in [0.2, 0.25) is 0 Å². The average molecular weight is 456 g/mol. The highest BCUT2D eigenvalue weighted by molar-refractivity contribution is 6.31. The molecule has 4 N–H and O–H groups in total. The predicted octanol–water partition coefficient (Wildman–Crippen LogP) is 2.81. The van der Waals surface area contributed by atoms with Crippen molar-refractivity contribution in [2.45, 2.75) is 38.0 Å². The second kappa shape index (κ2) is 9.32. The smallest absolute Gasteiger partial charge is 0.268 e. The topological polar surface area (TPSA) is 106 Å². The van der Waals surface area contributed by atoms with E-state index in [1.165, 1.54) is 4.90 Å². The molecule has 0 aliphatic heterocycles. The molecular weight excluding hydrogens is 430 g/mol. The normalized spacial score (nSPS) is 18.4. The maximum Gasteiger partial charge on any atom is 0.268 e. The van der Waals surface area contributed by atoms with Gasteiger partial charge in [-0.05, 0) is 48.2 Å².